The van der Waals surface area contributed by atoms with Crippen LogP contribution >= 0.6 is 0 Å². The molecular weight excluding hydrogens is 200 g/mol. The van der Waals surface area contributed by atoms with Gasteiger partial charge in [0.25, 0.3) is 0 Å². The van der Waals surface area contributed by atoms with Crippen molar-refractivity contribution in [2.75, 3.05) is 33.4 Å². The molecule has 1 atom stereocenters. The highest BCUT2D eigenvalue weighted by Gasteiger charge is 2.29. The van der Waals surface area contributed by atoms with Crippen molar-refractivity contribution in [2.45, 2.75) is 52.2 Å². The molecule has 0 aromatic carbocycles. The van der Waals surface area contributed by atoms with Gasteiger partial charge in [0.2, 0.25) is 0 Å². The maximum atomic E-state index is 5.22. The predicted molar refractivity (Wildman–Crippen MR) is 68.8 cm³/mol. The van der Waals surface area contributed by atoms with Crippen molar-refractivity contribution < 1.29 is 4.74 Å². The van der Waals surface area contributed by atoms with E-state index in [0.29, 0.717) is 18.1 Å². The number of piperazine rings is 1. The van der Waals surface area contributed by atoms with Crippen LogP contribution in [0.15, 0.2) is 0 Å². The Balaban J connectivity index is 2.54. The lowest BCUT2D eigenvalue weighted by Crippen LogP contribution is -2.57. The molecule has 3 heteroatoms. The lowest BCUT2D eigenvalue weighted by atomic mass is 10.1. The van der Waals surface area contributed by atoms with Crippen LogP contribution in [0.4, 0.5) is 0 Å². The Labute approximate surface area is 101 Å². The SMILES string of the molecule is COCCC1CN(C(C)C)CCN1C(C)C. The van der Waals surface area contributed by atoms with Crippen LogP contribution in [0.5, 0.6) is 0 Å². The van der Waals surface area contributed by atoms with E-state index < -0.39 is 0 Å². The normalized spacial score (nSPS) is 24.6. The minimum Gasteiger partial charge on any atom is -0.385 e. The average Bonchev–Trinajstić information content (AvgIpc) is 2.25. The second kappa shape index (κ2) is 6.58. The minimum absolute atomic E-state index is 0.649. The van der Waals surface area contributed by atoms with Crippen LogP contribution in [0.2, 0.25) is 0 Å². The van der Waals surface area contributed by atoms with E-state index in [1.54, 1.807) is 7.11 Å². The Morgan fingerprint density at radius 2 is 1.81 bits per heavy atom. The highest BCUT2D eigenvalue weighted by molar-refractivity contribution is 4.85. The molecule has 0 aromatic heterocycles. The van der Waals surface area contributed by atoms with Gasteiger partial charge in [-0.3, -0.25) is 9.80 Å². The van der Waals surface area contributed by atoms with Crippen molar-refractivity contribution in [3.05, 3.63) is 0 Å². The highest BCUT2D eigenvalue weighted by atomic mass is 16.5. The molecule has 0 aromatic rings. The average molecular weight is 228 g/mol. The van der Waals surface area contributed by atoms with Gasteiger partial charge in [-0.25, -0.2) is 0 Å². The van der Waals surface area contributed by atoms with E-state index in [1.807, 2.05) is 0 Å². The van der Waals surface area contributed by atoms with Crippen molar-refractivity contribution in [1.82, 2.24) is 9.80 Å². The molecule has 1 fully saturated rings. The van der Waals surface area contributed by atoms with Crippen molar-refractivity contribution in [3.8, 4) is 0 Å². The van der Waals surface area contributed by atoms with Crippen LogP contribution in [0, 0.1) is 0 Å². The molecule has 0 saturated carbocycles. The summed E-state index contributed by atoms with van der Waals surface area (Å²) in [6.07, 6.45) is 1.15. The molecule has 16 heavy (non-hydrogen) atoms. The number of ether oxygens (including phenoxy) is 1. The minimum atomic E-state index is 0.649. The quantitative estimate of drug-likeness (QED) is 0.714. The monoisotopic (exact) mass is 228 g/mol. The van der Waals surface area contributed by atoms with Crippen LogP contribution in [-0.4, -0.2) is 61.3 Å². The van der Waals surface area contributed by atoms with E-state index >= 15 is 0 Å². The first-order valence-electron chi connectivity index (χ1n) is 6.55. The van der Waals surface area contributed by atoms with E-state index in [4.69, 9.17) is 4.74 Å². The largest absolute Gasteiger partial charge is 0.385 e. The molecule has 1 aliphatic rings. The van der Waals surface area contributed by atoms with E-state index in [2.05, 4.69) is 37.5 Å². The molecule has 96 valence electrons. The molecule has 1 heterocycles. The second-order valence-corrected chi connectivity index (χ2v) is 5.36. The van der Waals surface area contributed by atoms with Gasteiger partial charge in [-0.1, -0.05) is 0 Å². The van der Waals surface area contributed by atoms with E-state index in [-0.39, 0.29) is 0 Å². The van der Waals surface area contributed by atoms with E-state index in [1.165, 1.54) is 19.6 Å². The summed E-state index contributed by atoms with van der Waals surface area (Å²) >= 11 is 0. The predicted octanol–water partition coefficient (Wildman–Crippen LogP) is 1.83. The zero-order chi connectivity index (χ0) is 12.1. The smallest absolute Gasteiger partial charge is 0.0477 e. The first-order valence-corrected chi connectivity index (χ1v) is 6.55. The van der Waals surface area contributed by atoms with Gasteiger partial charge in [-0.15, -0.1) is 0 Å². The molecule has 0 bridgehead atoms. The highest BCUT2D eigenvalue weighted by Crippen LogP contribution is 2.17. The maximum absolute atomic E-state index is 5.22. The third-order valence-corrected chi connectivity index (χ3v) is 3.61. The standard InChI is InChI=1S/C13H28N2O/c1-11(2)14-7-8-15(12(3)4)13(10-14)6-9-16-5/h11-13H,6-10H2,1-5H3. The molecule has 1 unspecified atom stereocenters. The molecular formula is C13H28N2O. The molecule has 1 aliphatic heterocycles. The lowest BCUT2D eigenvalue weighted by molar-refractivity contribution is 0.0211. The molecule has 0 amide bonds. The summed E-state index contributed by atoms with van der Waals surface area (Å²) in [6.45, 7) is 13.6. The van der Waals surface area contributed by atoms with Gasteiger partial charge >= 0.3 is 0 Å². The number of hydrogen-bond donors (Lipinski definition) is 0. The molecule has 1 rings (SSSR count). The third kappa shape index (κ3) is 3.72. The summed E-state index contributed by atoms with van der Waals surface area (Å²) in [7, 11) is 1.79. The van der Waals surface area contributed by atoms with Crippen molar-refractivity contribution in [1.29, 1.82) is 0 Å². The summed E-state index contributed by atoms with van der Waals surface area (Å²) in [5.41, 5.74) is 0. The zero-order valence-corrected chi connectivity index (χ0v) is 11.6. The Hall–Kier alpha value is -0.120. The Bertz CT molecular complexity index is 194. The number of nitrogens with zero attached hydrogens (tertiary/aromatic N) is 2. The van der Waals surface area contributed by atoms with Gasteiger partial charge in [0.15, 0.2) is 0 Å². The molecule has 0 radical (unpaired) electrons. The fourth-order valence-corrected chi connectivity index (χ4v) is 2.55. The topological polar surface area (TPSA) is 15.7 Å². The maximum Gasteiger partial charge on any atom is 0.0477 e. The fourth-order valence-electron chi connectivity index (χ4n) is 2.55. The number of methoxy groups -OCH3 is 1. The summed E-state index contributed by atoms with van der Waals surface area (Å²) < 4.78 is 5.22. The Kier molecular flexibility index (Phi) is 5.73. The second-order valence-electron chi connectivity index (χ2n) is 5.36. The Morgan fingerprint density at radius 1 is 1.12 bits per heavy atom. The van der Waals surface area contributed by atoms with Crippen LogP contribution in [0.1, 0.15) is 34.1 Å². The number of hydrogen-bond acceptors (Lipinski definition) is 3. The molecule has 0 N–H and O–H groups in total. The zero-order valence-electron chi connectivity index (χ0n) is 11.6. The Morgan fingerprint density at radius 3 is 2.31 bits per heavy atom. The van der Waals surface area contributed by atoms with Gasteiger partial charge in [0.1, 0.15) is 0 Å². The van der Waals surface area contributed by atoms with Gasteiger partial charge in [0.05, 0.1) is 0 Å². The molecule has 1 saturated heterocycles. The van der Waals surface area contributed by atoms with E-state index in [9.17, 15) is 0 Å². The van der Waals surface area contributed by atoms with Crippen LogP contribution in [-0.2, 0) is 4.74 Å². The molecule has 3 nitrogen and oxygen atoms in total. The summed E-state index contributed by atoms with van der Waals surface area (Å²) in [5, 5.41) is 0. The van der Waals surface area contributed by atoms with E-state index in [0.717, 1.165) is 13.0 Å². The van der Waals surface area contributed by atoms with Gasteiger partial charge < -0.3 is 4.74 Å². The van der Waals surface area contributed by atoms with Gasteiger partial charge in [0, 0.05) is 51.5 Å². The fraction of sp³-hybridized carbons (Fsp3) is 1.00. The van der Waals surface area contributed by atoms with Crippen LogP contribution in [0.3, 0.4) is 0 Å². The molecule has 0 aliphatic carbocycles. The van der Waals surface area contributed by atoms with Crippen molar-refractivity contribution in [2.24, 2.45) is 0 Å². The van der Waals surface area contributed by atoms with Crippen LogP contribution < -0.4 is 0 Å². The summed E-state index contributed by atoms with van der Waals surface area (Å²) in [5.74, 6) is 0. The summed E-state index contributed by atoms with van der Waals surface area (Å²) in [6, 6.07) is 1.98. The lowest BCUT2D eigenvalue weighted by Gasteiger charge is -2.45. The molecule has 0 spiro atoms. The van der Waals surface area contributed by atoms with Crippen molar-refractivity contribution in [3.63, 3.8) is 0 Å². The third-order valence-electron chi connectivity index (χ3n) is 3.61. The summed E-state index contributed by atoms with van der Waals surface area (Å²) in [4.78, 5) is 5.21. The number of rotatable bonds is 5. The first-order chi connectivity index (χ1) is 7.56. The van der Waals surface area contributed by atoms with Gasteiger partial charge in [-0.05, 0) is 34.1 Å². The van der Waals surface area contributed by atoms with Crippen LogP contribution in [0.25, 0.3) is 0 Å². The van der Waals surface area contributed by atoms with Gasteiger partial charge in [-0.2, -0.15) is 0 Å². The first kappa shape index (κ1) is 13.9. The van der Waals surface area contributed by atoms with Crippen molar-refractivity contribution >= 4 is 0 Å².